The Morgan fingerprint density at radius 2 is 1.85 bits per heavy atom. The second-order valence-corrected chi connectivity index (χ2v) is 7.10. The molecule has 3 rings (SSSR count). The molecule has 0 N–H and O–H groups in total. The number of carbonyl (C=O) groups excluding carboxylic acids is 1. The number of nitrogens with zero attached hydrogens (tertiary/aromatic N) is 2. The number of hydrogen-bond donors (Lipinski definition) is 0. The van der Waals surface area contributed by atoms with Crippen LogP contribution in [0.15, 0.2) is 34.7 Å². The molecule has 1 aromatic heterocycles. The predicted molar refractivity (Wildman–Crippen MR) is 102 cm³/mol. The van der Waals surface area contributed by atoms with Crippen LogP contribution < -0.4 is 4.90 Å². The van der Waals surface area contributed by atoms with Crippen LogP contribution in [0.5, 0.6) is 0 Å². The van der Waals surface area contributed by atoms with Crippen molar-refractivity contribution in [1.29, 1.82) is 0 Å². The molecular weight excluding hydrogens is 328 g/mol. The highest BCUT2D eigenvalue weighted by atomic mass is 16.5. The molecule has 2 heterocycles. The van der Waals surface area contributed by atoms with E-state index in [9.17, 15) is 4.79 Å². The van der Waals surface area contributed by atoms with Gasteiger partial charge >= 0.3 is 5.97 Å². The van der Waals surface area contributed by atoms with Gasteiger partial charge in [-0.05, 0) is 57.0 Å². The number of rotatable bonds is 6. The topological polar surface area (TPSA) is 45.9 Å². The first kappa shape index (κ1) is 18.5. The fourth-order valence-electron chi connectivity index (χ4n) is 3.52. The van der Waals surface area contributed by atoms with E-state index < -0.39 is 5.97 Å². The zero-order valence-corrected chi connectivity index (χ0v) is 16.0. The van der Waals surface area contributed by atoms with E-state index >= 15 is 0 Å². The van der Waals surface area contributed by atoms with Crippen LogP contribution in [0.3, 0.4) is 0 Å². The van der Waals surface area contributed by atoms with Crippen LogP contribution in [-0.2, 0) is 17.8 Å². The minimum Gasteiger partial charge on any atom is -0.463 e. The van der Waals surface area contributed by atoms with Gasteiger partial charge in [-0.15, -0.1) is 0 Å². The normalized spacial score (nSPS) is 14.7. The maximum atomic E-state index is 11.7. The van der Waals surface area contributed by atoms with Crippen LogP contribution in [0.4, 0.5) is 5.69 Å². The zero-order valence-electron chi connectivity index (χ0n) is 16.0. The van der Waals surface area contributed by atoms with Gasteiger partial charge in [0.2, 0.25) is 5.76 Å². The van der Waals surface area contributed by atoms with Crippen LogP contribution in [0.25, 0.3) is 0 Å². The SMILES string of the molecule is COC(=O)c1oc(CN(C)Cc2ccc(N3CCCCC3)cc2)cc1C. The lowest BCUT2D eigenvalue weighted by Crippen LogP contribution is -2.29. The molecule has 0 saturated carbocycles. The van der Waals surface area contributed by atoms with E-state index in [0.29, 0.717) is 12.3 Å². The number of esters is 1. The van der Waals surface area contributed by atoms with Gasteiger partial charge in [-0.1, -0.05) is 12.1 Å². The van der Waals surface area contributed by atoms with Crippen LogP contribution in [0.1, 0.15) is 46.7 Å². The van der Waals surface area contributed by atoms with Crippen molar-refractivity contribution in [2.45, 2.75) is 39.3 Å². The second kappa shape index (κ2) is 8.41. The van der Waals surface area contributed by atoms with Crippen molar-refractivity contribution in [2.24, 2.45) is 0 Å². The first-order valence-electron chi connectivity index (χ1n) is 9.27. The van der Waals surface area contributed by atoms with Crippen molar-refractivity contribution in [3.05, 3.63) is 53.0 Å². The van der Waals surface area contributed by atoms with E-state index in [4.69, 9.17) is 9.15 Å². The van der Waals surface area contributed by atoms with Gasteiger partial charge in [0, 0.05) is 30.9 Å². The number of hydrogen-bond acceptors (Lipinski definition) is 5. The van der Waals surface area contributed by atoms with E-state index in [-0.39, 0.29) is 0 Å². The van der Waals surface area contributed by atoms with Gasteiger partial charge in [-0.3, -0.25) is 4.90 Å². The number of piperidine rings is 1. The Labute approximate surface area is 155 Å². The van der Waals surface area contributed by atoms with E-state index in [0.717, 1.165) is 17.9 Å². The van der Waals surface area contributed by atoms with Crippen LogP contribution >= 0.6 is 0 Å². The third-order valence-corrected chi connectivity index (χ3v) is 4.88. The third-order valence-electron chi connectivity index (χ3n) is 4.88. The molecule has 1 aliphatic heterocycles. The highest BCUT2D eigenvalue weighted by Crippen LogP contribution is 2.21. The van der Waals surface area contributed by atoms with Gasteiger partial charge in [0.15, 0.2) is 0 Å². The predicted octanol–water partition coefficient (Wildman–Crippen LogP) is 4.00. The number of benzene rings is 1. The quantitative estimate of drug-likeness (QED) is 0.732. The molecule has 5 nitrogen and oxygen atoms in total. The van der Waals surface area contributed by atoms with Gasteiger partial charge in [0.05, 0.1) is 13.7 Å². The Bertz CT molecular complexity index is 730. The van der Waals surface area contributed by atoms with Gasteiger partial charge in [-0.2, -0.15) is 0 Å². The molecule has 1 saturated heterocycles. The standard InChI is InChI=1S/C21H28N2O3/c1-16-13-19(26-20(16)21(24)25-3)15-22(2)14-17-7-9-18(10-8-17)23-11-5-4-6-12-23/h7-10,13H,4-6,11-12,14-15H2,1-3H3. The fourth-order valence-corrected chi connectivity index (χ4v) is 3.52. The number of aryl methyl sites for hydroxylation is 1. The van der Waals surface area contributed by atoms with Gasteiger partial charge in [-0.25, -0.2) is 4.79 Å². The molecule has 0 unspecified atom stereocenters. The van der Waals surface area contributed by atoms with Gasteiger partial charge in [0.25, 0.3) is 0 Å². The van der Waals surface area contributed by atoms with Crippen molar-refractivity contribution >= 4 is 11.7 Å². The molecule has 0 spiro atoms. The number of methoxy groups -OCH3 is 1. The monoisotopic (exact) mass is 356 g/mol. The molecule has 0 aliphatic carbocycles. The smallest absolute Gasteiger partial charge is 0.374 e. The van der Waals surface area contributed by atoms with Gasteiger partial charge < -0.3 is 14.1 Å². The summed E-state index contributed by atoms with van der Waals surface area (Å²) in [6.07, 6.45) is 3.94. The Hall–Kier alpha value is -2.27. The molecule has 0 radical (unpaired) electrons. The summed E-state index contributed by atoms with van der Waals surface area (Å²) in [7, 11) is 3.41. The summed E-state index contributed by atoms with van der Waals surface area (Å²) in [5.74, 6) is 0.641. The first-order chi connectivity index (χ1) is 12.6. The maximum absolute atomic E-state index is 11.7. The molecule has 0 amide bonds. The number of furan rings is 1. The van der Waals surface area contributed by atoms with Gasteiger partial charge in [0.1, 0.15) is 5.76 Å². The highest BCUT2D eigenvalue weighted by Gasteiger charge is 2.17. The molecule has 1 aromatic carbocycles. The van der Waals surface area contributed by atoms with E-state index in [1.54, 1.807) is 0 Å². The summed E-state index contributed by atoms with van der Waals surface area (Å²) in [4.78, 5) is 16.3. The molecule has 26 heavy (non-hydrogen) atoms. The summed E-state index contributed by atoms with van der Waals surface area (Å²) >= 11 is 0. The molecular formula is C21H28N2O3. The molecule has 0 bridgehead atoms. The van der Waals surface area contributed by atoms with Crippen molar-refractivity contribution in [1.82, 2.24) is 4.90 Å². The average molecular weight is 356 g/mol. The third kappa shape index (κ3) is 4.47. The Morgan fingerprint density at radius 1 is 1.15 bits per heavy atom. The van der Waals surface area contributed by atoms with Crippen LogP contribution in [0, 0.1) is 6.92 Å². The molecule has 1 aliphatic rings. The summed E-state index contributed by atoms with van der Waals surface area (Å²) in [6, 6.07) is 10.8. The number of carbonyl (C=O) groups is 1. The van der Waals surface area contributed by atoms with Crippen molar-refractivity contribution in [3.8, 4) is 0 Å². The Morgan fingerprint density at radius 3 is 2.50 bits per heavy atom. The molecule has 5 heteroatoms. The lowest BCUT2D eigenvalue weighted by Gasteiger charge is -2.29. The number of ether oxygens (including phenoxy) is 1. The first-order valence-corrected chi connectivity index (χ1v) is 9.27. The minimum absolute atomic E-state index is 0.293. The molecule has 0 atom stereocenters. The summed E-state index contributed by atoms with van der Waals surface area (Å²) in [5, 5.41) is 0. The maximum Gasteiger partial charge on any atom is 0.374 e. The number of anilines is 1. The summed E-state index contributed by atoms with van der Waals surface area (Å²) in [5.41, 5.74) is 3.40. The van der Waals surface area contributed by atoms with Crippen LogP contribution in [-0.4, -0.2) is 38.1 Å². The van der Waals surface area contributed by atoms with Crippen molar-refractivity contribution in [2.75, 3.05) is 32.1 Å². The van der Waals surface area contributed by atoms with E-state index in [2.05, 4.69) is 34.1 Å². The molecule has 1 fully saturated rings. The lowest BCUT2D eigenvalue weighted by molar-refractivity contribution is 0.0560. The Balaban J connectivity index is 1.57. The van der Waals surface area contributed by atoms with Crippen molar-refractivity contribution in [3.63, 3.8) is 0 Å². The van der Waals surface area contributed by atoms with E-state index in [1.165, 1.54) is 50.7 Å². The highest BCUT2D eigenvalue weighted by molar-refractivity contribution is 5.87. The Kier molecular flexibility index (Phi) is 5.99. The molecule has 2 aromatic rings. The second-order valence-electron chi connectivity index (χ2n) is 7.10. The largest absolute Gasteiger partial charge is 0.463 e. The van der Waals surface area contributed by atoms with Crippen LogP contribution in [0.2, 0.25) is 0 Å². The zero-order chi connectivity index (χ0) is 18.5. The van der Waals surface area contributed by atoms with Crippen molar-refractivity contribution < 1.29 is 13.9 Å². The fraction of sp³-hybridized carbons (Fsp3) is 0.476. The molecule has 140 valence electrons. The summed E-state index contributed by atoms with van der Waals surface area (Å²) < 4.78 is 10.4. The minimum atomic E-state index is -0.426. The van der Waals surface area contributed by atoms with E-state index in [1.807, 2.05) is 20.0 Å². The summed E-state index contributed by atoms with van der Waals surface area (Å²) in [6.45, 7) is 5.66. The average Bonchev–Trinajstić information content (AvgIpc) is 3.02. The lowest BCUT2D eigenvalue weighted by atomic mass is 10.1.